The molecule has 194 valence electrons. The number of alkyl carbamates (subject to hydrolysis) is 1. The first-order valence-corrected chi connectivity index (χ1v) is 14.2. The molecule has 0 saturated carbocycles. The molecule has 1 N–H and O–H groups in total. The van der Waals surface area contributed by atoms with Crippen LogP contribution in [-0.4, -0.2) is 43.6 Å². The monoisotopic (exact) mass is 578 g/mol. The van der Waals surface area contributed by atoms with Crippen molar-refractivity contribution in [2.45, 2.75) is 50.6 Å². The highest BCUT2D eigenvalue weighted by atomic mass is 79.9. The fraction of sp³-hybridized carbons (Fsp3) is 0.400. The molecule has 0 aliphatic rings. The number of ether oxygens (including phenoxy) is 1. The molecule has 1 atom stereocenters. The van der Waals surface area contributed by atoms with Crippen LogP contribution >= 0.6 is 15.9 Å². The minimum absolute atomic E-state index is 0.189. The molecular weight excluding hydrogens is 548 g/mol. The number of sulfonamides is 1. The van der Waals surface area contributed by atoms with Crippen molar-refractivity contribution in [1.82, 2.24) is 15.5 Å². The summed E-state index contributed by atoms with van der Waals surface area (Å²) < 4.78 is 36.9. The van der Waals surface area contributed by atoms with Crippen molar-refractivity contribution < 1.29 is 22.4 Å². The van der Waals surface area contributed by atoms with Crippen LogP contribution in [0.25, 0.3) is 11.5 Å². The molecule has 1 unspecified atom stereocenters. The van der Waals surface area contributed by atoms with Gasteiger partial charge in [-0.15, -0.1) is 10.2 Å². The molecule has 1 aromatic heterocycles. The topological polar surface area (TPSA) is 115 Å². The highest BCUT2D eigenvalue weighted by Gasteiger charge is 2.36. The number of benzene rings is 2. The average Bonchev–Trinajstić information content (AvgIpc) is 3.28. The van der Waals surface area contributed by atoms with Crippen LogP contribution in [0.1, 0.15) is 44.7 Å². The number of nitrogens with one attached hydrogen (secondary N) is 1. The number of amides is 1. The summed E-state index contributed by atoms with van der Waals surface area (Å²) >= 11 is 3.43. The highest BCUT2D eigenvalue weighted by molar-refractivity contribution is 9.08. The predicted octanol–water partition coefficient (Wildman–Crippen LogP) is 5.01. The molecule has 11 heteroatoms. The first-order chi connectivity index (χ1) is 16.7. The summed E-state index contributed by atoms with van der Waals surface area (Å²) in [5.41, 5.74) is 1.04. The molecule has 0 radical (unpaired) electrons. The van der Waals surface area contributed by atoms with Gasteiger partial charge in [0.1, 0.15) is 11.1 Å². The van der Waals surface area contributed by atoms with Crippen molar-refractivity contribution >= 4 is 37.7 Å². The van der Waals surface area contributed by atoms with Gasteiger partial charge in [-0.1, -0.05) is 46.3 Å². The number of alkyl halides is 1. The summed E-state index contributed by atoms with van der Waals surface area (Å²) in [4.78, 5) is 12.7. The molecular formula is C25H31BrN4O5S. The van der Waals surface area contributed by atoms with Crippen LogP contribution in [0.2, 0.25) is 0 Å². The summed E-state index contributed by atoms with van der Waals surface area (Å²) in [5, 5.41) is 11.9. The van der Waals surface area contributed by atoms with Gasteiger partial charge in [0.2, 0.25) is 21.8 Å². The van der Waals surface area contributed by atoms with Crippen LogP contribution in [0.15, 0.2) is 52.9 Å². The Bertz CT molecular complexity index is 1320. The summed E-state index contributed by atoms with van der Waals surface area (Å²) in [6.45, 7) is 7.15. The molecule has 0 spiro atoms. The summed E-state index contributed by atoms with van der Waals surface area (Å²) in [6.07, 6.45) is 0.896. The van der Waals surface area contributed by atoms with Gasteiger partial charge in [0.15, 0.2) is 0 Å². The standard InChI is InChI=1S/C25H31BrN4O5S/c1-24(2,3)35-23(31)27-25(4,15-17-10-8-7-9-11-17)22-29-28-21(34-22)19-12-18(16-26)13-20(14-19)30(5)36(6,32)33/h7-14H,15-16H2,1-6H3,(H,27,31). The normalized spacial score (nSPS) is 13.6. The Morgan fingerprint density at radius 3 is 2.33 bits per heavy atom. The molecule has 0 fully saturated rings. The van der Waals surface area contributed by atoms with Crippen LogP contribution in [0.3, 0.4) is 0 Å². The largest absolute Gasteiger partial charge is 0.444 e. The summed E-state index contributed by atoms with van der Waals surface area (Å²) in [5.74, 6) is 0.385. The quantitative estimate of drug-likeness (QED) is 0.373. The van der Waals surface area contributed by atoms with Gasteiger partial charge in [-0.2, -0.15) is 0 Å². The molecule has 1 heterocycles. The average molecular weight is 580 g/mol. The number of carbonyl (C=O) groups is 1. The number of anilines is 1. The fourth-order valence-electron chi connectivity index (χ4n) is 3.52. The lowest BCUT2D eigenvalue weighted by molar-refractivity contribution is 0.0443. The number of aromatic nitrogens is 2. The highest BCUT2D eigenvalue weighted by Crippen LogP contribution is 2.31. The van der Waals surface area contributed by atoms with E-state index in [2.05, 4.69) is 31.4 Å². The van der Waals surface area contributed by atoms with E-state index < -0.39 is 27.3 Å². The Morgan fingerprint density at radius 1 is 1.08 bits per heavy atom. The third-order valence-electron chi connectivity index (χ3n) is 5.31. The second-order valence-corrected chi connectivity index (χ2v) is 12.4. The Balaban J connectivity index is 2.02. The lowest BCUT2D eigenvalue weighted by atomic mass is 9.92. The lowest BCUT2D eigenvalue weighted by Crippen LogP contribution is -2.47. The van der Waals surface area contributed by atoms with Crippen LogP contribution < -0.4 is 9.62 Å². The number of halogens is 1. The maximum absolute atomic E-state index is 12.7. The van der Waals surface area contributed by atoms with E-state index in [9.17, 15) is 13.2 Å². The van der Waals surface area contributed by atoms with Gasteiger partial charge in [0.05, 0.1) is 11.9 Å². The van der Waals surface area contributed by atoms with Gasteiger partial charge in [0.25, 0.3) is 0 Å². The number of nitrogens with zero attached hydrogens (tertiary/aromatic N) is 3. The minimum atomic E-state index is -3.47. The zero-order valence-electron chi connectivity index (χ0n) is 21.2. The summed E-state index contributed by atoms with van der Waals surface area (Å²) in [7, 11) is -1.99. The minimum Gasteiger partial charge on any atom is -0.444 e. The van der Waals surface area contributed by atoms with Gasteiger partial charge >= 0.3 is 6.09 Å². The number of hydrogen-bond acceptors (Lipinski definition) is 7. The van der Waals surface area contributed by atoms with E-state index >= 15 is 0 Å². The Kier molecular flexibility index (Phi) is 8.14. The van der Waals surface area contributed by atoms with Gasteiger partial charge in [-0.25, -0.2) is 13.2 Å². The third-order valence-corrected chi connectivity index (χ3v) is 7.17. The molecule has 3 aromatic rings. The SMILES string of the molecule is CN(c1cc(CBr)cc(-c2nnc(C(C)(Cc3ccccc3)NC(=O)OC(C)(C)C)o2)c1)S(C)(=O)=O. The van der Waals surface area contributed by atoms with E-state index in [1.165, 1.54) is 11.4 Å². The Hall–Kier alpha value is -2.92. The van der Waals surface area contributed by atoms with Crippen molar-refractivity contribution in [3.05, 3.63) is 65.5 Å². The predicted molar refractivity (Wildman–Crippen MR) is 142 cm³/mol. The van der Waals surface area contributed by atoms with Gasteiger partial charge in [0, 0.05) is 24.4 Å². The molecule has 0 aliphatic heterocycles. The smallest absolute Gasteiger partial charge is 0.408 e. The summed E-state index contributed by atoms with van der Waals surface area (Å²) in [6, 6.07) is 14.9. The van der Waals surface area contributed by atoms with Crippen molar-refractivity contribution in [3.8, 4) is 11.5 Å². The van der Waals surface area contributed by atoms with Crippen molar-refractivity contribution in [2.24, 2.45) is 0 Å². The zero-order chi connectivity index (χ0) is 26.7. The van der Waals surface area contributed by atoms with Crippen LogP contribution in [0, 0.1) is 0 Å². The lowest BCUT2D eigenvalue weighted by Gasteiger charge is -2.29. The molecule has 0 saturated heterocycles. The second kappa shape index (κ2) is 10.6. The first-order valence-electron chi connectivity index (χ1n) is 11.2. The second-order valence-electron chi connectivity index (χ2n) is 9.79. The Labute approximate surface area is 220 Å². The van der Waals surface area contributed by atoms with Gasteiger partial charge in [-0.3, -0.25) is 4.31 Å². The van der Waals surface area contributed by atoms with Crippen molar-refractivity contribution in [2.75, 3.05) is 17.6 Å². The molecule has 0 aliphatic carbocycles. The fourth-order valence-corrected chi connectivity index (χ4v) is 4.33. The van der Waals surface area contributed by atoms with E-state index in [-0.39, 0.29) is 11.8 Å². The van der Waals surface area contributed by atoms with Crippen molar-refractivity contribution in [1.29, 1.82) is 0 Å². The van der Waals surface area contributed by atoms with Gasteiger partial charge < -0.3 is 14.5 Å². The van der Waals surface area contributed by atoms with Crippen molar-refractivity contribution in [3.63, 3.8) is 0 Å². The molecule has 3 rings (SSSR count). The Morgan fingerprint density at radius 2 is 1.75 bits per heavy atom. The van der Waals surface area contributed by atoms with E-state index in [1.807, 2.05) is 36.4 Å². The molecule has 0 bridgehead atoms. The van der Waals surface area contributed by atoms with E-state index in [0.717, 1.165) is 17.4 Å². The number of hydrogen-bond donors (Lipinski definition) is 1. The maximum atomic E-state index is 12.7. The molecule has 36 heavy (non-hydrogen) atoms. The van der Waals surface area contributed by atoms with Crippen LogP contribution in [0.5, 0.6) is 0 Å². The number of rotatable bonds is 8. The molecule has 9 nitrogen and oxygen atoms in total. The third kappa shape index (κ3) is 7.07. The zero-order valence-corrected chi connectivity index (χ0v) is 23.6. The first kappa shape index (κ1) is 27.7. The molecule has 2 aromatic carbocycles. The molecule has 1 amide bonds. The van der Waals surface area contributed by atoms with Crippen LogP contribution in [0.4, 0.5) is 10.5 Å². The van der Waals surface area contributed by atoms with E-state index in [1.54, 1.807) is 39.8 Å². The van der Waals surface area contributed by atoms with Crippen LogP contribution in [-0.2, 0) is 32.0 Å². The van der Waals surface area contributed by atoms with Gasteiger partial charge in [-0.05, 0) is 57.0 Å². The van der Waals surface area contributed by atoms with E-state index in [4.69, 9.17) is 9.15 Å². The van der Waals surface area contributed by atoms with E-state index in [0.29, 0.717) is 23.0 Å². The number of carbonyl (C=O) groups excluding carboxylic acids is 1. The maximum Gasteiger partial charge on any atom is 0.408 e.